The molecule has 0 aliphatic carbocycles. The molecule has 1 fully saturated rings. The quantitative estimate of drug-likeness (QED) is 0.324. The lowest BCUT2D eigenvalue weighted by molar-refractivity contribution is 0.204. The van der Waals surface area contributed by atoms with E-state index >= 15 is 0 Å². The van der Waals surface area contributed by atoms with Crippen molar-refractivity contribution in [3.8, 4) is 22.7 Å². The minimum absolute atomic E-state index is 0.494. The van der Waals surface area contributed by atoms with Gasteiger partial charge in [-0.15, -0.1) is 22.7 Å². The topological polar surface area (TPSA) is 55.1 Å². The number of hydrogen-bond donors (Lipinski definition) is 0. The van der Waals surface area contributed by atoms with E-state index in [1.165, 1.54) is 10.0 Å². The van der Waals surface area contributed by atoms with Crippen LogP contribution in [0, 0.1) is 0 Å². The molecule has 1 aromatic carbocycles. The van der Waals surface area contributed by atoms with Gasteiger partial charge in [0.05, 0.1) is 21.6 Å². The molecule has 0 saturated carbocycles. The third kappa shape index (κ3) is 4.31. The molecule has 0 radical (unpaired) electrons. The zero-order valence-electron chi connectivity index (χ0n) is 15.9. The lowest BCUT2D eigenvalue weighted by atomic mass is 9.97. The highest BCUT2D eigenvalue weighted by molar-refractivity contribution is 7.10. The van der Waals surface area contributed by atoms with Gasteiger partial charge in [0.25, 0.3) is 0 Å². The van der Waals surface area contributed by atoms with Crippen molar-refractivity contribution in [2.75, 3.05) is 13.1 Å². The molecule has 4 heterocycles. The van der Waals surface area contributed by atoms with Crippen LogP contribution in [0.15, 0.2) is 45.7 Å². The van der Waals surface area contributed by atoms with Gasteiger partial charge < -0.3 is 4.52 Å². The lowest BCUT2D eigenvalue weighted by Crippen LogP contribution is -2.32. The first kappa shape index (κ1) is 20.2. The van der Waals surface area contributed by atoms with Crippen molar-refractivity contribution < 1.29 is 4.52 Å². The van der Waals surface area contributed by atoms with Crippen molar-refractivity contribution in [3.05, 3.63) is 61.3 Å². The number of halogens is 2. The molecule has 0 unspecified atom stereocenters. The Bertz CT molecular complexity index is 1130. The van der Waals surface area contributed by atoms with E-state index in [1.54, 1.807) is 34.8 Å². The van der Waals surface area contributed by atoms with E-state index in [2.05, 4.69) is 20.4 Å². The van der Waals surface area contributed by atoms with E-state index in [0.29, 0.717) is 27.4 Å². The number of aromatic nitrogens is 3. The minimum atomic E-state index is 0.494. The first-order valence-corrected chi connectivity index (χ1v) is 12.2. The first-order valence-electron chi connectivity index (χ1n) is 9.64. The van der Waals surface area contributed by atoms with E-state index in [-0.39, 0.29) is 0 Å². The molecular formula is C21H18Cl2N4OS2. The van der Waals surface area contributed by atoms with Crippen LogP contribution in [0.2, 0.25) is 10.0 Å². The van der Waals surface area contributed by atoms with Crippen LogP contribution in [0.25, 0.3) is 22.7 Å². The van der Waals surface area contributed by atoms with E-state index in [1.807, 2.05) is 23.7 Å². The Morgan fingerprint density at radius 2 is 1.93 bits per heavy atom. The van der Waals surface area contributed by atoms with Gasteiger partial charge in [0, 0.05) is 34.5 Å². The molecule has 154 valence electrons. The fourth-order valence-corrected chi connectivity index (χ4v) is 5.57. The fourth-order valence-electron chi connectivity index (χ4n) is 3.64. The normalized spacial score (nSPS) is 15.7. The number of likely N-dealkylation sites (tertiary alicyclic amines) is 1. The smallest absolute Gasteiger partial charge is 0.186 e. The lowest BCUT2D eigenvalue weighted by Gasteiger charge is -2.30. The summed E-state index contributed by atoms with van der Waals surface area (Å²) in [5, 5.41) is 11.6. The molecule has 0 N–H and O–H groups in total. The fraction of sp³-hybridized carbons (Fsp3) is 0.286. The largest absolute Gasteiger partial charge is 0.354 e. The second-order valence-corrected chi connectivity index (χ2v) is 9.94. The Kier molecular flexibility index (Phi) is 5.89. The maximum absolute atomic E-state index is 6.12. The summed E-state index contributed by atoms with van der Waals surface area (Å²) in [5.74, 6) is 1.16. The summed E-state index contributed by atoms with van der Waals surface area (Å²) in [7, 11) is 0. The van der Waals surface area contributed by atoms with Gasteiger partial charge >= 0.3 is 0 Å². The summed E-state index contributed by atoms with van der Waals surface area (Å²) in [4.78, 5) is 11.7. The van der Waals surface area contributed by atoms with Crippen LogP contribution in [-0.2, 0) is 6.54 Å². The highest BCUT2D eigenvalue weighted by Gasteiger charge is 2.24. The first-order chi connectivity index (χ1) is 14.7. The summed E-state index contributed by atoms with van der Waals surface area (Å²) in [6.07, 6.45) is 4.10. The van der Waals surface area contributed by atoms with E-state index in [9.17, 15) is 0 Å². The molecule has 1 saturated heterocycles. The molecule has 1 aliphatic heterocycles. The molecule has 0 spiro atoms. The molecule has 0 atom stereocenters. The predicted molar refractivity (Wildman–Crippen MR) is 122 cm³/mol. The summed E-state index contributed by atoms with van der Waals surface area (Å²) in [6, 6.07) is 7.32. The highest BCUT2D eigenvalue weighted by atomic mass is 35.5. The van der Waals surface area contributed by atoms with Crippen molar-refractivity contribution in [1.82, 2.24) is 20.0 Å². The average Bonchev–Trinajstić information content (AvgIpc) is 3.52. The molecule has 9 heteroatoms. The summed E-state index contributed by atoms with van der Waals surface area (Å²) in [5.41, 5.74) is 2.41. The van der Waals surface area contributed by atoms with Crippen LogP contribution in [-0.4, -0.2) is 33.1 Å². The Balaban J connectivity index is 1.25. The molecule has 5 rings (SSSR count). The molecule has 5 nitrogen and oxygen atoms in total. The van der Waals surface area contributed by atoms with Crippen molar-refractivity contribution in [1.29, 1.82) is 0 Å². The predicted octanol–water partition coefficient (Wildman–Crippen LogP) is 6.61. The molecule has 4 aromatic rings. The van der Waals surface area contributed by atoms with Crippen LogP contribution in [0.1, 0.15) is 28.8 Å². The van der Waals surface area contributed by atoms with Gasteiger partial charge in [-0.2, -0.15) is 0 Å². The molecule has 0 bridgehead atoms. The number of hydrogen-bond acceptors (Lipinski definition) is 7. The zero-order chi connectivity index (χ0) is 20.5. The number of thiazole rings is 2. The average molecular weight is 477 g/mol. The van der Waals surface area contributed by atoms with Gasteiger partial charge in [-0.25, -0.2) is 9.97 Å². The highest BCUT2D eigenvalue weighted by Crippen LogP contribution is 2.35. The van der Waals surface area contributed by atoms with Crippen LogP contribution in [0.4, 0.5) is 0 Å². The van der Waals surface area contributed by atoms with Gasteiger partial charge in [0.15, 0.2) is 5.76 Å². The third-order valence-electron chi connectivity index (χ3n) is 5.28. The van der Waals surface area contributed by atoms with Gasteiger partial charge in [-0.3, -0.25) is 4.90 Å². The van der Waals surface area contributed by atoms with E-state index in [4.69, 9.17) is 32.7 Å². The number of benzene rings is 1. The zero-order valence-corrected chi connectivity index (χ0v) is 19.1. The Hall–Kier alpha value is -1.77. The standard InChI is InChI=1S/C21H18Cl2N4OS2/c22-15-2-1-14(9-16(15)23)17-10-19(28-26-17)18-12-30-21(25-18)13-3-6-27(7-4-13)11-20-24-5-8-29-20/h1-2,5,8-10,12-13H,3-4,6-7,11H2. The van der Waals surface area contributed by atoms with Crippen molar-refractivity contribution >= 4 is 45.9 Å². The summed E-state index contributed by atoms with van der Waals surface area (Å²) >= 11 is 15.5. The Morgan fingerprint density at radius 1 is 1.07 bits per heavy atom. The van der Waals surface area contributed by atoms with Crippen molar-refractivity contribution in [2.24, 2.45) is 0 Å². The second-order valence-electron chi connectivity index (χ2n) is 7.25. The van der Waals surface area contributed by atoms with E-state index in [0.717, 1.165) is 43.7 Å². The minimum Gasteiger partial charge on any atom is -0.354 e. The Morgan fingerprint density at radius 3 is 2.70 bits per heavy atom. The summed E-state index contributed by atoms with van der Waals surface area (Å²) < 4.78 is 5.56. The van der Waals surface area contributed by atoms with Crippen LogP contribution in [0.5, 0.6) is 0 Å². The molecule has 30 heavy (non-hydrogen) atoms. The van der Waals surface area contributed by atoms with Gasteiger partial charge in [0.1, 0.15) is 16.4 Å². The SMILES string of the molecule is Clc1ccc(-c2cc(-c3csc(C4CCN(Cc5nccs5)CC4)n3)on2)cc1Cl. The molecule has 1 aliphatic rings. The second kappa shape index (κ2) is 8.77. The third-order valence-corrected chi connectivity index (χ3v) is 7.79. The van der Waals surface area contributed by atoms with Crippen molar-refractivity contribution in [2.45, 2.75) is 25.3 Å². The van der Waals surface area contributed by atoms with Gasteiger partial charge in [0.2, 0.25) is 0 Å². The summed E-state index contributed by atoms with van der Waals surface area (Å²) in [6.45, 7) is 3.09. The maximum Gasteiger partial charge on any atom is 0.186 e. The van der Waals surface area contributed by atoms with Gasteiger partial charge in [-0.1, -0.05) is 34.4 Å². The molecule has 0 amide bonds. The van der Waals surface area contributed by atoms with Crippen LogP contribution < -0.4 is 0 Å². The monoisotopic (exact) mass is 476 g/mol. The van der Waals surface area contributed by atoms with Crippen LogP contribution in [0.3, 0.4) is 0 Å². The number of piperidine rings is 1. The van der Waals surface area contributed by atoms with Crippen LogP contribution >= 0.6 is 45.9 Å². The molecular weight excluding hydrogens is 459 g/mol. The number of rotatable bonds is 5. The van der Waals surface area contributed by atoms with E-state index < -0.39 is 0 Å². The maximum atomic E-state index is 6.12. The van der Waals surface area contributed by atoms with Crippen molar-refractivity contribution in [3.63, 3.8) is 0 Å². The Labute approximate surface area is 192 Å². The number of nitrogens with zero attached hydrogens (tertiary/aromatic N) is 4. The van der Waals surface area contributed by atoms with Gasteiger partial charge in [-0.05, 0) is 38.1 Å². The molecule has 3 aromatic heterocycles.